The van der Waals surface area contributed by atoms with Gasteiger partial charge in [-0.25, -0.2) is 9.97 Å². The van der Waals surface area contributed by atoms with Gasteiger partial charge in [0.15, 0.2) is 0 Å². The minimum Gasteiger partial charge on any atom is -0.230 e. The molecule has 4 heteroatoms. The van der Waals surface area contributed by atoms with E-state index in [1.807, 2.05) is 6.07 Å². The Balaban J connectivity index is 2.37. The molecule has 0 aromatic carbocycles. The molecule has 0 N–H and O–H groups in total. The van der Waals surface area contributed by atoms with Crippen LogP contribution >= 0.6 is 27.7 Å². The molecule has 72 valence electrons. The monoisotopic (exact) mass is 260 g/mol. The van der Waals surface area contributed by atoms with Crippen molar-refractivity contribution in [3.63, 3.8) is 0 Å². The molecule has 1 rings (SSSR count). The predicted molar refractivity (Wildman–Crippen MR) is 59.9 cm³/mol. The third-order valence-electron chi connectivity index (χ3n) is 1.55. The summed E-state index contributed by atoms with van der Waals surface area (Å²) in [5, 5.41) is 1.04. The van der Waals surface area contributed by atoms with Crippen molar-refractivity contribution >= 4 is 27.7 Å². The smallest absolute Gasteiger partial charge is 0.118 e. The third kappa shape index (κ3) is 4.62. The van der Waals surface area contributed by atoms with E-state index in [0.29, 0.717) is 0 Å². The molecule has 0 spiro atoms. The average molecular weight is 261 g/mol. The number of hydrogen-bond donors (Lipinski definition) is 0. The fourth-order valence-corrected chi connectivity index (χ4v) is 2.37. The molecular weight excluding hydrogens is 248 g/mol. The van der Waals surface area contributed by atoms with Crippen LogP contribution < -0.4 is 0 Å². The van der Waals surface area contributed by atoms with E-state index in [1.54, 1.807) is 18.1 Å². The molecule has 0 aliphatic rings. The van der Waals surface area contributed by atoms with Crippen molar-refractivity contribution in [1.82, 2.24) is 9.97 Å². The van der Waals surface area contributed by atoms with E-state index in [4.69, 9.17) is 0 Å². The summed E-state index contributed by atoms with van der Waals surface area (Å²) in [5.74, 6) is 1.89. The molecule has 0 aliphatic carbocycles. The van der Waals surface area contributed by atoms with Crippen molar-refractivity contribution in [1.29, 1.82) is 0 Å². The van der Waals surface area contributed by atoms with Crippen molar-refractivity contribution < 1.29 is 0 Å². The Labute approximate surface area is 91.7 Å². The third-order valence-corrected chi connectivity index (χ3v) is 2.95. The molecule has 0 aliphatic heterocycles. The van der Waals surface area contributed by atoms with Crippen molar-refractivity contribution in [3.05, 3.63) is 17.0 Å². The number of halogens is 1. The van der Waals surface area contributed by atoms with Gasteiger partial charge in [-0.3, -0.25) is 0 Å². The molecule has 1 aromatic heterocycles. The van der Waals surface area contributed by atoms with Crippen LogP contribution in [0.1, 0.15) is 20.3 Å². The number of hydrogen-bond acceptors (Lipinski definition) is 3. The Hall–Kier alpha value is -0.0900. The number of thioether (sulfide) groups is 1. The van der Waals surface area contributed by atoms with E-state index in [2.05, 4.69) is 39.7 Å². The second-order valence-corrected chi connectivity index (χ2v) is 5.14. The highest BCUT2D eigenvalue weighted by Gasteiger charge is 1.98. The largest absolute Gasteiger partial charge is 0.230 e. The van der Waals surface area contributed by atoms with Gasteiger partial charge in [0.05, 0.1) is 0 Å². The summed E-state index contributed by atoms with van der Waals surface area (Å²) in [6.07, 6.45) is 2.81. The minimum absolute atomic E-state index is 0.762. The lowest BCUT2D eigenvalue weighted by atomic mass is 10.2. The standard InChI is InChI=1S/C9H13BrN2S/c1-7(2)3-4-13-9-5-8(10)11-6-12-9/h5-7H,3-4H2,1-2H3. The van der Waals surface area contributed by atoms with Crippen LogP contribution in [0.4, 0.5) is 0 Å². The van der Waals surface area contributed by atoms with E-state index in [9.17, 15) is 0 Å². The molecule has 2 nitrogen and oxygen atoms in total. The average Bonchev–Trinajstić information content (AvgIpc) is 2.03. The van der Waals surface area contributed by atoms with E-state index < -0.39 is 0 Å². The Morgan fingerprint density at radius 3 is 2.85 bits per heavy atom. The molecule has 0 amide bonds. The van der Waals surface area contributed by atoms with Gasteiger partial charge in [0.25, 0.3) is 0 Å². The summed E-state index contributed by atoms with van der Waals surface area (Å²) < 4.78 is 0.856. The fourth-order valence-electron chi connectivity index (χ4n) is 0.795. The molecule has 0 bridgehead atoms. The number of rotatable bonds is 4. The first-order valence-electron chi connectivity index (χ1n) is 4.29. The second kappa shape index (κ2) is 5.60. The zero-order chi connectivity index (χ0) is 9.68. The first-order valence-corrected chi connectivity index (χ1v) is 6.06. The minimum atomic E-state index is 0.762. The molecule has 1 aromatic rings. The summed E-state index contributed by atoms with van der Waals surface area (Å²) in [5.41, 5.74) is 0. The van der Waals surface area contributed by atoms with Gasteiger partial charge in [-0.15, -0.1) is 11.8 Å². The van der Waals surface area contributed by atoms with Gasteiger partial charge in [0.1, 0.15) is 16.0 Å². The van der Waals surface area contributed by atoms with Crippen LogP contribution in [0.5, 0.6) is 0 Å². The highest BCUT2D eigenvalue weighted by molar-refractivity contribution is 9.10. The number of nitrogens with zero attached hydrogens (tertiary/aromatic N) is 2. The molecule has 0 fully saturated rings. The topological polar surface area (TPSA) is 25.8 Å². The van der Waals surface area contributed by atoms with E-state index in [0.717, 1.165) is 21.3 Å². The Bertz CT molecular complexity index is 266. The first-order chi connectivity index (χ1) is 6.18. The zero-order valence-electron chi connectivity index (χ0n) is 7.83. The van der Waals surface area contributed by atoms with Gasteiger partial charge in [-0.05, 0) is 34.0 Å². The summed E-state index contributed by atoms with van der Waals surface area (Å²) >= 11 is 5.10. The van der Waals surface area contributed by atoms with Gasteiger partial charge < -0.3 is 0 Å². The fraction of sp³-hybridized carbons (Fsp3) is 0.556. The Kier molecular flexibility index (Phi) is 4.73. The maximum atomic E-state index is 4.16. The Morgan fingerprint density at radius 2 is 2.23 bits per heavy atom. The maximum absolute atomic E-state index is 4.16. The summed E-state index contributed by atoms with van der Waals surface area (Å²) in [4.78, 5) is 8.13. The van der Waals surface area contributed by atoms with Gasteiger partial charge >= 0.3 is 0 Å². The molecule has 1 heterocycles. The van der Waals surface area contributed by atoms with Crippen LogP contribution in [-0.4, -0.2) is 15.7 Å². The van der Waals surface area contributed by atoms with Gasteiger partial charge in [0.2, 0.25) is 0 Å². The van der Waals surface area contributed by atoms with Crippen LogP contribution in [0.3, 0.4) is 0 Å². The molecule has 13 heavy (non-hydrogen) atoms. The van der Waals surface area contributed by atoms with Crippen molar-refractivity contribution in [2.45, 2.75) is 25.3 Å². The van der Waals surface area contributed by atoms with Gasteiger partial charge in [-0.1, -0.05) is 13.8 Å². The van der Waals surface area contributed by atoms with Gasteiger partial charge in [-0.2, -0.15) is 0 Å². The first kappa shape index (κ1) is 11.0. The van der Waals surface area contributed by atoms with E-state index in [1.165, 1.54) is 6.42 Å². The maximum Gasteiger partial charge on any atom is 0.118 e. The SMILES string of the molecule is CC(C)CCSc1cc(Br)ncn1. The molecule has 0 radical (unpaired) electrons. The second-order valence-electron chi connectivity index (χ2n) is 3.21. The molecule has 0 saturated carbocycles. The van der Waals surface area contributed by atoms with E-state index in [-0.39, 0.29) is 0 Å². The van der Waals surface area contributed by atoms with Crippen LogP contribution in [-0.2, 0) is 0 Å². The van der Waals surface area contributed by atoms with Crippen LogP contribution in [0.25, 0.3) is 0 Å². The summed E-state index contributed by atoms with van der Waals surface area (Å²) in [6.45, 7) is 4.47. The lowest BCUT2D eigenvalue weighted by Crippen LogP contribution is -1.90. The van der Waals surface area contributed by atoms with Crippen LogP contribution in [0.15, 0.2) is 22.0 Å². The highest BCUT2D eigenvalue weighted by Crippen LogP contribution is 2.19. The molecular formula is C9H13BrN2S. The van der Waals surface area contributed by atoms with E-state index >= 15 is 0 Å². The summed E-state index contributed by atoms with van der Waals surface area (Å²) in [6, 6.07) is 1.95. The predicted octanol–water partition coefficient (Wildman–Crippen LogP) is 3.38. The van der Waals surface area contributed by atoms with Crippen molar-refractivity contribution in [2.75, 3.05) is 5.75 Å². The summed E-state index contributed by atoms with van der Waals surface area (Å²) in [7, 11) is 0. The zero-order valence-corrected chi connectivity index (χ0v) is 10.2. The van der Waals surface area contributed by atoms with Gasteiger partial charge in [0, 0.05) is 6.07 Å². The van der Waals surface area contributed by atoms with Crippen molar-refractivity contribution in [2.24, 2.45) is 5.92 Å². The lowest BCUT2D eigenvalue weighted by Gasteiger charge is -2.03. The van der Waals surface area contributed by atoms with Crippen LogP contribution in [0.2, 0.25) is 0 Å². The number of aromatic nitrogens is 2. The van der Waals surface area contributed by atoms with Crippen molar-refractivity contribution in [3.8, 4) is 0 Å². The normalized spacial score (nSPS) is 10.8. The quantitative estimate of drug-likeness (QED) is 0.613. The molecule has 0 saturated heterocycles. The molecule has 0 atom stereocenters. The molecule has 0 unspecified atom stereocenters. The Morgan fingerprint density at radius 1 is 1.46 bits per heavy atom. The lowest BCUT2D eigenvalue weighted by molar-refractivity contribution is 0.632. The highest BCUT2D eigenvalue weighted by atomic mass is 79.9. The van der Waals surface area contributed by atoms with Crippen LogP contribution in [0, 0.1) is 5.92 Å².